The van der Waals surface area contributed by atoms with Gasteiger partial charge in [-0.2, -0.15) is 13.2 Å². The third-order valence-electron chi connectivity index (χ3n) is 2.24. The quantitative estimate of drug-likeness (QED) is 0.670. The molecule has 0 saturated heterocycles. The Labute approximate surface area is 101 Å². The fourth-order valence-electron chi connectivity index (χ4n) is 1.42. The molecule has 0 amide bonds. The molecule has 2 N–H and O–H groups in total. The SMILES string of the molecule is COC(=O)[C@@H](N)Cc1cc(F)cc(C(F)(F)F)c1. The van der Waals surface area contributed by atoms with Gasteiger partial charge < -0.3 is 10.5 Å². The van der Waals surface area contributed by atoms with Crippen molar-refractivity contribution in [3.05, 3.63) is 35.1 Å². The Kier molecular flexibility index (Phi) is 4.28. The van der Waals surface area contributed by atoms with E-state index in [1.165, 1.54) is 0 Å². The summed E-state index contributed by atoms with van der Waals surface area (Å²) in [7, 11) is 1.11. The van der Waals surface area contributed by atoms with Gasteiger partial charge in [0.15, 0.2) is 0 Å². The molecule has 0 aliphatic rings. The van der Waals surface area contributed by atoms with E-state index in [4.69, 9.17) is 5.73 Å². The summed E-state index contributed by atoms with van der Waals surface area (Å²) in [4.78, 5) is 11.0. The second-order valence-corrected chi connectivity index (χ2v) is 3.68. The molecule has 1 atom stereocenters. The standard InChI is InChI=1S/C11H11F4NO2/c1-18-10(17)9(16)4-6-2-7(11(13,14)15)5-8(12)3-6/h2-3,5,9H,4,16H2,1H3/t9-/m0/s1. The first-order valence-electron chi connectivity index (χ1n) is 4.94. The number of carbonyl (C=O) groups is 1. The van der Waals surface area contributed by atoms with E-state index in [0.29, 0.717) is 6.07 Å². The largest absolute Gasteiger partial charge is 0.468 e. The molecule has 1 aromatic rings. The molecule has 18 heavy (non-hydrogen) atoms. The number of alkyl halides is 3. The molecule has 0 radical (unpaired) electrons. The lowest BCUT2D eigenvalue weighted by Gasteiger charge is -2.12. The van der Waals surface area contributed by atoms with Crippen molar-refractivity contribution < 1.29 is 27.1 Å². The Morgan fingerprint density at radius 2 is 2.00 bits per heavy atom. The number of carbonyl (C=O) groups excluding carboxylic acids is 1. The van der Waals surface area contributed by atoms with E-state index in [-0.39, 0.29) is 12.0 Å². The normalized spacial score (nSPS) is 13.2. The van der Waals surface area contributed by atoms with Crippen molar-refractivity contribution in [3.8, 4) is 0 Å². The molecular weight excluding hydrogens is 254 g/mol. The van der Waals surface area contributed by atoms with Crippen LogP contribution in [-0.4, -0.2) is 19.1 Å². The van der Waals surface area contributed by atoms with Gasteiger partial charge in [0.2, 0.25) is 0 Å². The smallest absolute Gasteiger partial charge is 0.416 e. The molecule has 1 aromatic carbocycles. The summed E-state index contributed by atoms with van der Waals surface area (Å²) in [5.41, 5.74) is 4.26. The van der Waals surface area contributed by atoms with Crippen molar-refractivity contribution in [3.63, 3.8) is 0 Å². The molecular formula is C11H11F4NO2. The van der Waals surface area contributed by atoms with E-state index in [1.54, 1.807) is 0 Å². The zero-order valence-electron chi connectivity index (χ0n) is 9.42. The number of ether oxygens (including phenoxy) is 1. The highest BCUT2D eigenvalue weighted by Crippen LogP contribution is 2.30. The van der Waals surface area contributed by atoms with Crippen LogP contribution >= 0.6 is 0 Å². The Bertz CT molecular complexity index is 445. The highest BCUT2D eigenvalue weighted by Gasteiger charge is 2.31. The van der Waals surface area contributed by atoms with Crippen LogP contribution in [0, 0.1) is 5.82 Å². The summed E-state index contributed by atoms with van der Waals surface area (Å²) in [5, 5.41) is 0. The van der Waals surface area contributed by atoms with Crippen molar-refractivity contribution in [1.29, 1.82) is 0 Å². The van der Waals surface area contributed by atoms with E-state index in [0.717, 1.165) is 19.2 Å². The minimum atomic E-state index is -4.65. The van der Waals surface area contributed by atoms with Gasteiger partial charge in [0.25, 0.3) is 0 Å². The Balaban J connectivity index is 2.97. The predicted octanol–water partition coefficient (Wildman–Crippen LogP) is 1.89. The monoisotopic (exact) mass is 265 g/mol. The summed E-state index contributed by atoms with van der Waals surface area (Å²) in [6.07, 6.45) is -4.88. The molecule has 1 rings (SSSR count). The molecule has 7 heteroatoms. The molecule has 0 saturated carbocycles. The lowest BCUT2D eigenvalue weighted by molar-refractivity contribution is -0.142. The van der Waals surface area contributed by atoms with Crippen LogP contribution in [0.15, 0.2) is 18.2 Å². The predicted molar refractivity (Wildman–Crippen MR) is 55.1 cm³/mol. The fraction of sp³-hybridized carbons (Fsp3) is 0.364. The highest BCUT2D eigenvalue weighted by atomic mass is 19.4. The lowest BCUT2D eigenvalue weighted by Crippen LogP contribution is -2.33. The van der Waals surface area contributed by atoms with Crippen LogP contribution in [0.1, 0.15) is 11.1 Å². The molecule has 0 unspecified atom stereocenters. The number of rotatable bonds is 3. The molecule has 0 heterocycles. The van der Waals surface area contributed by atoms with E-state index in [9.17, 15) is 22.4 Å². The average molecular weight is 265 g/mol. The number of hydrogen-bond acceptors (Lipinski definition) is 3. The van der Waals surface area contributed by atoms with Crippen LogP contribution in [-0.2, 0) is 22.1 Å². The zero-order chi connectivity index (χ0) is 13.9. The van der Waals surface area contributed by atoms with E-state index >= 15 is 0 Å². The first kappa shape index (κ1) is 14.4. The van der Waals surface area contributed by atoms with Gasteiger partial charge in [0.1, 0.15) is 11.9 Å². The second-order valence-electron chi connectivity index (χ2n) is 3.68. The lowest BCUT2D eigenvalue weighted by atomic mass is 10.0. The molecule has 0 spiro atoms. The Hall–Kier alpha value is -1.63. The first-order chi connectivity index (χ1) is 8.24. The van der Waals surface area contributed by atoms with Crippen molar-refractivity contribution in [2.24, 2.45) is 5.73 Å². The first-order valence-corrected chi connectivity index (χ1v) is 4.94. The van der Waals surface area contributed by atoms with Gasteiger partial charge in [0, 0.05) is 0 Å². The average Bonchev–Trinajstić information content (AvgIpc) is 2.25. The maximum Gasteiger partial charge on any atom is 0.416 e. The third kappa shape index (κ3) is 3.69. The number of halogens is 4. The number of hydrogen-bond donors (Lipinski definition) is 1. The highest BCUT2D eigenvalue weighted by molar-refractivity contribution is 5.75. The molecule has 0 aliphatic carbocycles. The summed E-state index contributed by atoms with van der Waals surface area (Å²) < 4.78 is 54.6. The number of nitrogens with two attached hydrogens (primary N) is 1. The van der Waals surface area contributed by atoms with Crippen LogP contribution in [0.4, 0.5) is 17.6 Å². The van der Waals surface area contributed by atoms with Crippen LogP contribution in [0.3, 0.4) is 0 Å². The fourth-order valence-corrected chi connectivity index (χ4v) is 1.42. The molecule has 0 aromatic heterocycles. The number of benzene rings is 1. The molecule has 3 nitrogen and oxygen atoms in total. The second kappa shape index (κ2) is 5.34. The van der Waals surface area contributed by atoms with Crippen molar-refractivity contribution in [1.82, 2.24) is 0 Å². The van der Waals surface area contributed by atoms with Gasteiger partial charge in [-0.25, -0.2) is 4.39 Å². The van der Waals surface area contributed by atoms with Crippen molar-refractivity contribution in [2.75, 3.05) is 7.11 Å². The van der Waals surface area contributed by atoms with Crippen LogP contribution in [0.2, 0.25) is 0 Å². The van der Waals surface area contributed by atoms with Gasteiger partial charge in [-0.1, -0.05) is 0 Å². The maximum atomic E-state index is 13.0. The minimum Gasteiger partial charge on any atom is -0.468 e. The van der Waals surface area contributed by atoms with Gasteiger partial charge in [-0.05, 0) is 30.2 Å². The van der Waals surface area contributed by atoms with Gasteiger partial charge in [-0.15, -0.1) is 0 Å². The number of esters is 1. The molecule has 100 valence electrons. The van der Waals surface area contributed by atoms with Gasteiger partial charge in [0.05, 0.1) is 12.7 Å². The van der Waals surface area contributed by atoms with E-state index in [1.807, 2.05) is 0 Å². The summed E-state index contributed by atoms with van der Waals surface area (Å²) >= 11 is 0. The molecule has 0 bridgehead atoms. The molecule has 0 fully saturated rings. The van der Waals surface area contributed by atoms with E-state index in [2.05, 4.69) is 4.74 Å². The maximum absolute atomic E-state index is 13.0. The Morgan fingerprint density at radius 1 is 1.39 bits per heavy atom. The van der Waals surface area contributed by atoms with Crippen LogP contribution < -0.4 is 5.73 Å². The van der Waals surface area contributed by atoms with E-state index < -0.39 is 29.6 Å². The van der Waals surface area contributed by atoms with Crippen LogP contribution in [0.25, 0.3) is 0 Å². The van der Waals surface area contributed by atoms with Crippen LogP contribution in [0.5, 0.6) is 0 Å². The Morgan fingerprint density at radius 3 is 2.50 bits per heavy atom. The topological polar surface area (TPSA) is 52.3 Å². The van der Waals surface area contributed by atoms with Gasteiger partial charge in [-0.3, -0.25) is 4.79 Å². The third-order valence-corrected chi connectivity index (χ3v) is 2.24. The zero-order valence-corrected chi connectivity index (χ0v) is 9.42. The van der Waals surface area contributed by atoms with Gasteiger partial charge >= 0.3 is 12.1 Å². The summed E-state index contributed by atoms with van der Waals surface area (Å²) in [6, 6.07) is 0.912. The van der Waals surface area contributed by atoms with Crippen molar-refractivity contribution in [2.45, 2.75) is 18.6 Å². The number of methoxy groups -OCH3 is 1. The summed E-state index contributed by atoms with van der Waals surface area (Å²) in [5.74, 6) is -1.80. The summed E-state index contributed by atoms with van der Waals surface area (Å²) in [6.45, 7) is 0. The minimum absolute atomic E-state index is 0.0137. The molecule has 0 aliphatic heterocycles. The van der Waals surface area contributed by atoms with Crippen molar-refractivity contribution >= 4 is 5.97 Å².